The average Bonchev–Trinajstić information content (AvgIpc) is 2.14. The minimum absolute atomic E-state index is 0.419. The van der Waals surface area contributed by atoms with Crippen LogP contribution in [0.1, 0.15) is 15.9 Å². The molecule has 4 nitrogen and oxygen atoms in total. The molecule has 0 aliphatic rings. The lowest BCUT2D eigenvalue weighted by atomic mass is 10.1. The Morgan fingerprint density at radius 2 is 1.88 bits per heavy atom. The van der Waals surface area contributed by atoms with Gasteiger partial charge in [0.15, 0.2) is 5.78 Å². The second-order valence-electron chi connectivity index (χ2n) is 3.23. The molecular weight excluding hydrogens is 261 g/mol. The molecule has 0 saturated carbocycles. The molecule has 0 aliphatic heterocycles. The van der Waals surface area contributed by atoms with Crippen molar-refractivity contribution in [1.82, 2.24) is 0 Å². The molecule has 0 aromatic heterocycles. The van der Waals surface area contributed by atoms with Crippen molar-refractivity contribution in [2.45, 2.75) is 6.18 Å². The Labute approximate surface area is 94.8 Å². The van der Waals surface area contributed by atoms with Gasteiger partial charge in [-0.2, -0.15) is 21.6 Å². The molecule has 1 N–H and O–H groups in total. The van der Waals surface area contributed by atoms with Crippen LogP contribution < -0.4 is 0 Å². The van der Waals surface area contributed by atoms with Crippen molar-refractivity contribution in [2.24, 2.45) is 0 Å². The van der Waals surface area contributed by atoms with E-state index in [1.165, 1.54) is 0 Å². The van der Waals surface area contributed by atoms with Crippen molar-refractivity contribution >= 4 is 15.9 Å². The van der Waals surface area contributed by atoms with E-state index < -0.39 is 39.0 Å². The molecule has 0 amide bonds. The Morgan fingerprint density at radius 1 is 1.29 bits per heavy atom. The van der Waals surface area contributed by atoms with E-state index in [1.807, 2.05) is 0 Å². The van der Waals surface area contributed by atoms with Crippen molar-refractivity contribution in [1.29, 1.82) is 0 Å². The zero-order chi connectivity index (χ0) is 13.3. The molecule has 0 saturated heterocycles. The van der Waals surface area contributed by atoms with Gasteiger partial charge in [-0.25, -0.2) is 0 Å². The largest absolute Gasteiger partial charge is 0.416 e. The van der Waals surface area contributed by atoms with E-state index in [2.05, 4.69) is 0 Å². The molecular formula is C9H7F3O4S. The summed E-state index contributed by atoms with van der Waals surface area (Å²) >= 11 is 0. The van der Waals surface area contributed by atoms with Gasteiger partial charge in [0.2, 0.25) is 0 Å². The van der Waals surface area contributed by atoms with Crippen molar-refractivity contribution in [3.8, 4) is 0 Å². The number of carbonyl (C=O) groups excluding carboxylic acids is 1. The van der Waals surface area contributed by atoms with Crippen LogP contribution in [0, 0.1) is 0 Å². The molecule has 1 aromatic carbocycles. The summed E-state index contributed by atoms with van der Waals surface area (Å²) in [4.78, 5) is 11.2. The van der Waals surface area contributed by atoms with Crippen LogP contribution in [0.25, 0.3) is 0 Å². The summed E-state index contributed by atoms with van der Waals surface area (Å²) in [6, 6.07) is 3.32. The van der Waals surface area contributed by atoms with Gasteiger partial charge in [-0.3, -0.25) is 9.35 Å². The lowest BCUT2D eigenvalue weighted by molar-refractivity contribution is -0.137. The molecule has 17 heavy (non-hydrogen) atoms. The molecule has 1 rings (SSSR count). The van der Waals surface area contributed by atoms with Gasteiger partial charge < -0.3 is 0 Å². The van der Waals surface area contributed by atoms with Crippen molar-refractivity contribution < 1.29 is 30.9 Å². The van der Waals surface area contributed by atoms with E-state index >= 15 is 0 Å². The summed E-state index contributed by atoms with van der Waals surface area (Å²) in [5, 5.41) is 0. The van der Waals surface area contributed by atoms with E-state index in [0.717, 1.165) is 18.2 Å². The quantitative estimate of drug-likeness (QED) is 0.670. The van der Waals surface area contributed by atoms with Crippen LogP contribution in [0.3, 0.4) is 0 Å². The van der Waals surface area contributed by atoms with E-state index in [4.69, 9.17) is 4.55 Å². The summed E-state index contributed by atoms with van der Waals surface area (Å²) in [5.74, 6) is -2.34. The number of halogens is 3. The van der Waals surface area contributed by atoms with Gasteiger partial charge in [0.1, 0.15) is 5.75 Å². The van der Waals surface area contributed by atoms with Crippen LogP contribution in [-0.2, 0) is 16.3 Å². The third kappa shape index (κ3) is 4.16. The average molecular weight is 268 g/mol. The third-order valence-corrected chi connectivity index (χ3v) is 2.45. The maximum Gasteiger partial charge on any atom is 0.416 e. The van der Waals surface area contributed by atoms with E-state index in [1.54, 1.807) is 0 Å². The lowest BCUT2D eigenvalue weighted by Crippen LogP contribution is -2.16. The normalized spacial score (nSPS) is 12.5. The minimum Gasteiger partial charge on any atom is -0.293 e. The summed E-state index contributed by atoms with van der Waals surface area (Å²) in [7, 11) is -4.55. The molecule has 0 bridgehead atoms. The predicted octanol–water partition coefficient (Wildman–Crippen LogP) is 1.78. The van der Waals surface area contributed by atoms with Crippen LogP contribution in [0.2, 0.25) is 0 Å². The maximum absolute atomic E-state index is 12.3. The number of rotatable bonds is 3. The number of hydrogen-bond acceptors (Lipinski definition) is 3. The molecule has 0 radical (unpaired) electrons. The summed E-state index contributed by atoms with van der Waals surface area (Å²) < 4.78 is 66.1. The lowest BCUT2D eigenvalue weighted by Gasteiger charge is -2.07. The number of carbonyl (C=O) groups is 1. The Bertz CT molecular complexity index is 533. The first kappa shape index (κ1) is 13.7. The fraction of sp³-hybridized carbons (Fsp3) is 0.222. The Balaban J connectivity index is 3.05. The number of benzene rings is 1. The number of alkyl halides is 3. The summed E-state index contributed by atoms with van der Waals surface area (Å²) in [5.41, 5.74) is -1.48. The van der Waals surface area contributed by atoms with Crippen LogP contribution in [0.5, 0.6) is 0 Å². The summed E-state index contributed by atoms with van der Waals surface area (Å²) in [6.45, 7) is 0. The minimum atomic E-state index is -4.62. The van der Waals surface area contributed by atoms with Crippen LogP contribution in [0.4, 0.5) is 13.2 Å². The first-order valence-corrected chi connectivity index (χ1v) is 5.86. The monoisotopic (exact) mass is 268 g/mol. The molecule has 0 fully saturated rings. The van der Waals surface area contributed by atoms with Gasteiger partial charge in [-0.05, 0) is 12.1 Å². The van der Waals surface area contributed by atoms with Gasteiger partial charge >= 0.3 is 6.18 Å². The zero-order valence-electron chi connectivity index (χ0n) is 8.23. The van der Waals surface area contributed by atoms with Crippen LogP contribution in [0.15, 0.2) is 24.3 Å². The van der Waals surface area contributed by atoms with Crippen molar-refractivity contribution in [2.75, 3.05) is 5.75 Å². The second-order valence-corrected chi connectivity index (χ2v) is 4.68. The molecule has 1 aromatic rings. The number of Topliss-reactive ketones (excluding diaryl/α,β-unsaturated/α-hetero) is 1. The van der Waals surface area contributed by atoms with E-state index in [-0.39, 0.29) is 0 Å². The molecule has 8 heteroatoms. The Kier molecular flexibility index (Phi) is 3.58. The fourth-order valence-electron chi connectivity index (χ4n) is 1.12. The van der Waals surface area contributed by atoms with Gasteiger partial charge in [0, 0.05) is 5.56 Å². The first-order valence-electron chi connectivity index (χ1n) is 4.25. The van der Waals surface area contributed by atoms with Gasteiger partial charge in [-0.15, -0.1) is 0 Å². The highest BCUT2D eigenvalue weighted by Crippen LogP contribution is 2.29. The van der Waals surface area contributed by atoms with E-state index in [0.29, 0.717) is 6.07 Å². The molecule has 0 atom stereocenters. The molecule has 0 aliphatic carbocycles. The first-order chi connectivity index (χ1) is 7.59. The molecule has 0 unspecified atom stereocenters. The Morgan fingerprint density at radius 3 is 2.35 bits per heavy atom. The number of ketones is 1. The van der Waals surface area contributed by atoms with E-state index in [9.17, 15) is 26.4 Å². The summed E-state index contributed by atoms with van der Waals surface area (Å²) in [6.07, 6.45) is -4.62. The number of hydrogen-bond donors (Lipinski definition) is 1. The Hall–Kier alpha value is -1.41. The standard InChI is InChI=1S/C9H7F3O4S/c10-9(11,12)7-3-1-2-6(4-7)8(13)5-17(14,15)16/h1-4H,5H2,(H,14,15,16). The van der Waals surface area contributed by atoms with Gasteiger partial charge in [0.25, 0.3) is 10.1 Å². The highest BCUT2D eigenvalue weighted by atomic mass is 32.2. The van der Waals surface area contributed by atoms with Gasteiger partial charge in [0.05, 0.1) is 5.56 Å². The highest BCUT2D eigenvalue weighted by molar-refractivity contribution is 7.86. The topological polar surface area (TPSA) is 71.4 Å². The fourth-order valence-corrected chi connectivity index (χ4v) is 1.62. The van der Waals surface area contributed by atoms with Crippen molar-refractivity contribution in [3.05, 3.63) is 35.4 Å². The molecule has 0 spiro atoms. The van der Waals surface area contributed by atoms with Gasteiger partial charge in [-0.1, -0.05) is 12.1 Å². The predicted molar refractivity (Wildman–Crippen MR) is 52.2 cm³/mol. The molecule has 0 heterocycles. The SMILES string of the molecule is O=C(CS(=O)(=O)O)c1cccc(C(F)(F)F)c1. The maximum atomic E-state index is 12.3. The second kappa shape index (κ2) is 4.46. The zero-order valence-corrected chi connectivity index (χ0v) is 9.05. The third-order valence-electron chi connectivity index (χ3n) is 1.83. The van der Waals surface area contributed by atoms with Crippen LogP contribution >= 0.6 is 0 Å². The van der Waals surface area contributed by atoms with Crippen LogP contribution in [-0.4, -0.2) is 24.5 Å². The smallest absolute Gasteiger partial charge is 0.293 e. The molecule has 94 valence electrons. The van der Waals surface area contributed by atoms with Crippen molar-refractivity contribution in [3.63, 3.8) is 0 Å². The highest BCUT2D eigenvalue weighted by Gasteiger charge is 2.31.